The first-order valence-electron chi connectivity index (χ1n) is 6.37. The van der Waals surface area contributed by atoms with E-state index in [1.807, 2.05) is 7.11 Å². The molecule has 1 unspecified atom stereocenters. The summed E-state index contributed by atoms with van der Waals surface area (Å²) in [7, 11) is 1.81. The van der Waals surface area contributed by atoms with Gasteiger partial charge in [-0.05, 0) is 25.8 Å². The molecule has 2 aliphatic heterocycles. The second kappa shape index (κ2) is 6.55. The molecule has 2 saturated heterocycles. The van der Waals surface area contributed by atoms with Crippen molar-refractivity contribution in [3.05, 3.63) is 0 Å². The topological polar surface area (TPSA) is 30.9 Å². The molecule has 0 bridgehead atoms. The van der Waals surface area contributed by atoms with E-state index in [9.17, 15) is 0 Å². The van der Waals surface area contributed by atoms with Gasteiger partial charge in [-0.2, -0.15) is 0 Å². The zero-order valence-electron chi connectivity index (χ0n) is 10.2. The van der Waals surface area contributed by atoms with Gasteiger partial charge in [-0.15, -0.1) is 0 Å². The summed E-state index contributed by atoms with van der Waals surface area (Å²) in [4.78, 5) is 2.46. The highest BCUT2D eigenvalue weighted by Crippen LogP contribution is 2.15. The number of ether oxygens (including phenoxy) is 3. The number of nitrogens with zero attached hydrogens (tertiary/aromatic N) is 1. The van der Waals surface area contributed by atoms with E-state index < -0.39 is 0 Å². The van der Waals surface area contributed by atoms with E-state index in [1.165, 1.54) is 19.4 Å². The van der Waals surface area contributed by atoms with Crippen LogP contribution in [0.1, 0.15) is 25.7 Å². The van der Waals surface area contributed by atoms with Crippen molar-refractivity contribution in [1.29, 1.82) is 0 Å². The zero-order chi connectivity index (χ0) is 11.2. The van der Waals surface area contributed by atoms with Crippen molar-refractivity contribution in [2.24, 2.45) is 0 Å². The average molecular weight is 229 g/mol. The predicted octanol–water partition coefficient (Wildman–Crippen LogP) is 1.25. The molecule has 0 amide bonds. The lowest BCUT2D eigenvalue weighted by molar-refractivity contribution is -0.183. The van der Waals surface area contributed by atoms with Crippen molar-refractivity contribution < 1.29 is 14.2 Å². The fourth-order valence-electron chi connectivity index (χ4n) is 2.40. The lowest BCUT2D eigenvalue weighted by atomic mass is 10.1. The van der Waals surface area contributed by atoms with E-state index in [4.69, 9.17) is 14.2 Å². The summed E-state index contributed by atoms with van der Waals surface area (Å²) in [6, 6.07) is 0. The zero-order valence-corrected chi connectivity index (χ0v) is 10.2. The quantitative estimate of drug-likeness (QED) is 0.726. The Labute approximate surface area is 97.8 Å². The van der Waals surface area contributed by atoms with Gasteiger partial charge in [0.2, 0.25) is 0 Å². The van der Waals surface area contributed by atoms with E-state index in [1.54, 1.807) is 0 Å². The molecular weight excluding hydrogens is 206 g/mol. The third-order valence-electron chi connectivity index (χ3n) is 3.37. The summed E-state index contributed by atoms with van der Waals surface area (Å²) in [5.41, 5.74) is 0. The van der Waals surface area contributed by atoms with E-state index in [0.717, 1.165) is 39.1 Å². The van der Waals surface area contributed by atoms with Crippen molar-refractivity contribution in [2.45, 2.75) is 38.1 Å². The Bertz CT molecular complexity index is 195. The van der Waals surface area contributed by atoms with E-state index in [-0.39, 0.29) is 6.29 Å². The molecular formula is C12H23NO3. The number of likely N-dealkylation sites (tertiary alicyclic amines) is 1. The number of methoxy groups -OCH3 is 1. The van der Waals surface area contributed by atoms with Crippen molar-refractivity contribution in [1.82, 2.24) is 4.90 Å². The van der Waals surface area contributed by atoms with Gasteiger partial charge in [0.15, 0.2) is 6.29 Å². The molecule has 16 heavy (non-hydrogen) atoms. The van der Waals surface area contributed by atoms with Gasteiger partial charge in [0.05, 0.1) is 19.3 Å². The maximum atomic E-state index is 5.54. The SMILES string of the molecule is COC1CCCN(CCC2OCCCO2)C1. The second-order valence-electron chi connectivity index (χ2n) is 4.61. The second-order valence-corrected chi connectivity index (χ2v) is 4.61. The van der Waals surface area contributed by atoms with Gasteiger partial charge in [-0.3, -0.25) is 0 Å². The van der Waals surface area contributed by atoms with Crippen LogP contribution in [0.2, 0.25) is 0 Å². The Kier molecular flexibility index (Phi) is 5.03. The summed E-state index contributed by atoms with van der Waals surface area (Å²) >= 11 is 0. The minimum atomic E-state index is 0.0247. The molecule has 1 atom stereocenters. The Morgan fingerprint density at radius 3 is 2.81 bits per heavy atom. The van der Waals surface area contributed by atoms with Crippen molar-refractivity contribution in [2.75, 3.05) is 40.0 Å². The number of piperidine rings is 1. The van der Waals surface area contributed by atoms with Crippen LogP contribution in [0, 0.1) is 0 Å². The largest absolute Gasteiger partial charge is 0.380 e. The van der Waals surface area contributed by atoms with E-state index in [0.29, 0.717) is 6.10 Å². The molecule has 2 aliphatic rings. The predicted molar refractivity (Wildman–Crippen MR) is 61.4 cm³/mol. The van der Waals surface area contributed by atoms with Gasteiger partial charge >= 0.3 is 0 Å². The fourth-order valence-corrected chi connectivity index (χ4v) is 2.40. The molecule has 4 nitrogen and oxygen atoms in total. The highest BCUT2D eigenvalue weighted by molar-refractivity contribution is 4.73. The van der Waals surface area contributed by atoms with Crippen LogP contribution in [0.3, 0.4) is 0 Å². The van der Waals surface area contributed by atoms with Crippen LogP contribution in [0.5, 0.6) is 0 Å². The van der Waals surface area contributed by atoms with Gasteiger partial charge in [-0.25, -0.2) is 0 Å². The third kappa shape index (κ3) is 3.70. The van der Waals surface area contributed by atoms with E-state index >= 15 is 0 Å². The Morgan fingerprint density at radius 2 is 2.06 bits per heavy atom. The number of hydrogen-bond donors (Lipinski definition) is 0. The molecule has 2 rings (SSSR count). The summed E-state index contributed by atoms with van der Waals surface area (Å²) in [5, 5.41) is 0. The monoisotopic (exact) mass is 229 g/mol. The first kappa shape index (κ1) is 12.3. The molecule has 0 spiro atoms. The van der Waals surface area contributed by atoms with Crippen molar-refractivity contribution >= 4 is 0 Å². The minimum absolute atomic E-state index is 0.0247. The van der Waals surface area contributed by atoms with Gasteiger partial charge in [0.1, 0.15) is 0 Å². The van der Waals surface area contributed by atoms with Crippen LogP contribution < -0.4 is 0 Å². The molecule has 0 aromatic rings. The first-order chi connectivity index (χ1) is 7.88. The van der Waals surface area contributed by atoms with Gasteiger partial charge in [0, 0.05) is 26.6 Å². The number of hydrogen-bond acceptors (Lipinski definition) is 4. The van der Waals surface area contributed by atoms with Crippen molar-refractivity contribution in [3.8, 4) is 0 Å². The van der Waals surface area contributed by atoms with Crippen LogP contribution in [-0.4, -0.2) is 57.3 Å². The molecule has 94 valence electrons. The van der Waals surface area contributed by atoms with Gasteiger partial charge in [-0.1, -0.05) is 0 Å². The summed E-state index contributed by atoms with van der Waals surface area (Å²) in [6.07, 6.45) is 4.90. The smallest absolute Gasteiger partial charge is 0.158 e. The van der Waals surface area contributed by atoms with Crippen LogP contribution in [0.25, 0.3) is 0 Å². The van der Waals surface area contributed by atoms with Crippen LogP contribution in [-0.2, 0) is 14.2 Å². The fraction of sp³-hybridized carbons (Fsp3) is 1.00. The molecule has 0 aromatic heterocycles. The normalized spacial score (nSPS) is 29.4. The standard InChI is InChI=1S/C12H23NO3/c1-14-11-4-2-6-13(10-11)7-5-12-15-8-3-9-16-12/h11-12H,2-10H2,1H3. The van der Waals surface area contributed by atoms with Crippen molar-refractivity contribution in [3.63, 3.8) is 0 Å². The van der Waals surface area contributed by atoms with Crippen LogP contribution in [0.15, 0.2) is 0 Å². The average Bonchev–Trinajstić information content (AvgIpc) is 2.38. The first-order valence-corrected chi connectivity index (χ1v) is 6.37. The number of rotatable bonds is 4. The third-order valence-corrected chi connectivity index (χ3v) is 3.37. The van der Waals surface area contributed by atoms with Gasteiger partial charge in [0.25, 0.3) is 0 Å². The molecule has 0 saturated carbocycles. The molecule has 2 fully saturated rings. The van der Waals surface area contributed by atoms with E-state index in [2.05, 4.69) is 4.90 Å². The highest BCUT2D eigenvalue weighted by atomic mass is 16.7. The maximum absolute atomic E-state index is 5.54. The van der Waals surface area contributed by atoms with Gasteiger partial charge < -0.3 is 19.1 Å². The molecule has 0 aromatic carbocycles. The minimum Gasteiger partial charge on any atom is -0.380 e. The summed E-state index contributed by atoms with van der Waals surface area (Å²) in [5.74, 6) is 0. The Morgan fingerprint density at radius 1 is 1.25 bits per heavy atom. The summed E-state index contributed by atoms with van der Waals surface area (Å²) < 4.78 is 16.5. The Balaban J connectivity index is 1.64. The lowest BCUT2D eigenvalue weighted by Crippen LogP contribution is -2.41. The maximum Gasteiger partial charge on any atom is 0.158 e. The van der Waals surface area contributed by atoms with Crippen LogP contribution in [0.4, 0.5) is 0 Å². The molecule has 0 aliphatic carbocycles. The summed E-state index contributed by atoms with van der Waals surface area (Å²) in [6.45, 7) is 5.01. The molecule has 2 heterocycles. The lowest BCUT2D eigenvalue weighted by Gasteiger charge is -2.33. The molecule has 4 heteroatoms. The Hall–Kier alpha value is -0.160. The molecule has 0 radical (unpaired) electrons. The molecule has 0 N–H and O–H groups in total. The highest BCUT2D eigenvalue weighted by Gasteiger charge is 2.21. The van der Waals surface area contributed by atoms with Crippen LogP contribution >= 0.6 is 0 Å².